The fourth-order valence-electron chi connectivity index (χ4n) is 1.32. The summed E-state index contributed by atoms with van der Waals surface area (Å²) in [4.78, 5) is 4.21. The second kappa shape index (κ2) is 5.90. The van der Waals surface area contributed by atoms with Gasteiger partial charge in [-0.15, -0.1) is 0 Å². The van der Waals surface area contributed by atoms with Gasteiger partial charge in [0.05, 0.1) is 5.69 Å². The molecule has 2 aromatic rings. The lowest BCUT2D eigenvalue weighted by Gasteiger charge is -1.96. The van der Waals surface area contributed by atoms with Crippen molar-refractivity contribution < 1.29 is 0 Å². The van der Waals surface area contributed by atoms with E-state index in [1.54, 1.807) is 10.9 Å². The molecule has 0 amide bonds. The minimum Gasteiger partial charge on any atom is -0.384 e. The molecule has 0 aliphatic heterocycles. The normalized spacial score (nSPS) is 9.44. The SMILES string of the molecule is CC.CCn1nc(-c2ccccn2)cc1N. The lowest BCUT2D eigenvalue weighted by atomic mass is 10.3. The van der Waals surface area contributed by atoms with Crippen LogP contribution in [0.3, 0.4) is 0 Å². The molecule has 2 rings (SSSR count). The first-order valence-electron chi connectivity index (χ1n) is 5.56. The van der Waals surface area contributed by atoms with Crippen LogP contribution in [0.1, 0.15) is 20.8 Å². The molecule has 0 atom stereocenters. The molecule has 0 fully saturated rings. The lowest BCUT2D eigenvalue weighted by molar-refractivity contribution is 0.672. The Morgan fingerprint density at radius 3 is 2.50 bits per heavy atom. The van der Waals surface area contributed by atoms with E-state index >= 15 is 0 Å². The number of rotatable bonds is 2. The largest absolute Gasteiger partial charge is 0.384 e. The van der Waals surface area contributed by atoms with Crippen molar-refractivity contribution in [1.29, 1.82) is 0 Å². The Bertz CT molecular complexity index is 420. The van der Waals surface area contributed by atoms with E-state index in [0.717, 1.165) is 17.9 Å². The van der Waals surface area contributed by atoms with Gasteiger partial charge in [-0.05, 0) is 19.1 Å². The van der Waals surface area contributed by atoms with E-state index in [9.17, 15) is 0 Å². The van der Waals surface area contributed by atoms with Crippen LogP contribution in [-0.2, 0) is 6.54 Å². The van der Waals surface area contributed by atoms with E-state index in [2.05, 4.69) is 10.1 Å². The Labute approximate surface area is 96.1 Å². The number of hydrogen-bond donors (Lipinski definition) is 1. The highest BCUT2D eigenvalue weighted by Crippen LogP contribution is 2.17. The predicted octanol–water partition coefficient (Wildman–Crippen LogP) is 2.57. The number of hydrogen-bond acceptors (Lipinski definition) is 3. The molecule has 0 aromatic carbocycles. The van der Waals surface area contributed by atoms with E-state index in [-0.39, 0.29) is 0 Å². The van der Waals surface area contributed by atoms with Crippen LogP contribution >= 0.6 is 0 Å². The summed E-state index contributed by atoms with van der Waals surface area (Å²) in [6.45, 7) is 6.78. The molecule has 4 heteroatoms. The van der Waals surface area contributed by atoms with Crippen molar-refractivity contribution in [2.45, 2.75) is 27.3 Å². The summed E-state index contributed by atoms with van der Waals surface area (Å²) in [6, 6.07) is 7.57. The Morgan fingerprint density at radius 2 is 2.00 bits per heavy atom. The van der Waals surface area contributed by atoms with Crippen molar-refractivity contribution in [3.8, 4) is 11.4 Å². The lowest BCUT2D eigenvalue weighted by Crippen LogP contribution is -2.01. The quantitative estimate of drug-likeness (QED) is 0.842. The van der Waals surface area contributed by atoms with Crippen molar-refractivity contribution in [2.24, 2.45) is 0 Å². The van der Waals surface area contributed by atoms with Crippen molar-refractivity contribution in [1.82, 2.24) is 14.8 Å². The number of anilines is 1. The van der Waals surface area contributed by atoms with Gasteiger partial charge in [-0.2, -0.15) is 5.10 Å². The van der Waals surface area contributed by atoms with Crippen LogP contribution in [-0.4, -0.2) is 14.8 Å². The summed E-state index contributed by atoms with van der Waals surface area (Å²) in [5, 5.41) is 4.33. The molecule has 2 N–H and O–H groups in total. The van der Waals surface area contributed by atoms with Gasteiger partial charge in [0, 0.05) is 18.8 Å². The van der Waals surface area contributed by atoms with Gasteiger partial charge in [-0.1, -0.05) is 19.9 Å². The van der Waals surface area contributed by atoms with Gasteiger partial charge < -0.3 is 5.73 Å². The minimum atomic E-state index is 0.674. The third-order valence-electron chi connectivity index (χ3n) is 2.04. The smallest absolute Gasteiger partial charge is 0.122 e. The Kier molecular flexibility index (Phi) is 4.51. The van der Waals surface area contributed by atoms with Crippen LogP contribution in [0.5, 0.6) is 0 Å². The number of nitrogens with zero attached hydrogens (tertiary/aromatic N) is 3. The topological polar surface area (TPSA) is 56.7 Å². The van der Waals surface area contributed by atoms with Crippen molar-refractivity contribution in [2.75, 3.05) is 5.73 Å². The van der Waals surface area contributed by atoms with Gasteiger partial charge in [0.1, 0.15) is 11.5 Å². The van der Waals surface area contributed by atoms with Crippen LogP contribution in [0.25, 0.3) is 11.4 Å². The van der Waals surface area contributed by atoms with Crippen molar-refractivity contribution in [3.05, 3.63) is 30.5 Å². The molecule has 0 saturated carbocycles. The Hall–Kier alpha value is -1.84. The van der Waals surface area contributed by atoms with Crippen LogP contribution in [0.15, 0.2) is 30.5 Å². The molecule has 16 heavy (non-hydrogen) atoms. The maximum Gasteiger partial charge on any atom is 0.122 e. The molecule has 0 aliphatic rings. The summed E-state index contributed by atoms with van der Waals surface area (Å²) in [5.41, 5.74) is 7.44. The number of pyridine rings is 1. The van der Waals surface area contributed by atoms with E-state index in [1.165, 1.54) is 0 Å². The first-order valence-corrected chi connectivity index (χ1v) is 5.56. The molecule has 0 bridgehead atoms. The van der Waals surface area contributed by atoms with Crippen LogP contribution < -0.4 is 5.73 Å². The monoisotopic (exact) mass is 218 g/mol. The van der Waals surface area contributed by atoms with E-state index in [1.807, 2.05) is 45.0 Å². The van der Waals surface area contributed by atoms with Crippen molar-refractivity contribution in [3.63, 3.8) is 0 Å². The zero-order valence-electron chi connectivity index (χ0n) is 10.0. The van der Waals surface area contributed by atoms with Gasteiger partial charge >= 0.3 is 0 Å². The third-order valence-corrected chi connectivity index (χ3v) is 2.04. The Balaban J connectivity index is 0.000000606. The second-order valence-electron chi connectivity index (χ2n) is 2.99. The summed E-state index contributed by atoms with van der Waals surface area (Å²) in [7, 11) is 0. The average Bonchev–Trinajstić information content (AvgIpc) is 2.74. The zero-order chi connectivity index (χ0) is 12.0. The van der Waals surface area contributed by atoms with Gasteiger partial charge in [0.25, 0.3) is 0 Å². The summed E-state index contributed by atoms with van der Waals surface area (Å²) in [5.74, 6) is 0.674. The van der Waals surface area contributed by atoms with Crippen LogP contribution in [0.4, 0.5) is 5.82 Å². The summed E-state index contributed by atoms with van der Waals surface area (Å²) < 4.78 is 1.75. The van der Waals surface area contributed by atoms with E-state index in [0.29, 0.717) is 5.82 Å². The minimum absolute atomic E-state index is 0.674. The predicted molar refractivity (Wildman–Crippen MR) is 66.9 cm³/mol. The maximum atomic E-state index is 5.76. The molecule has 4 nitrogen and oxygen atoms in total. The van der Waals surface area contributed by atoms with E-state index in [4.69, 9.17) is 5.73 Å². The van der Waals surface area contributed by atoms with Crippen molar-refractivity contribution >= 4 is 5.82 Å². The molecule has 2 heterocycles. The molecular formula is C12H18N4. The van der Waals surface area contributed by atoms with E-state index < -0.39 is 0 Å². The molecule has 0 radical (unpaired) electrons. The highest BCUT2D eigenvalue weighted by Gasteiger charge is 2.05. The number of nitrogens with two attached hydrogens (primary N) is 1. The first-order chi connectivity index (χ1) is 7.81. The maximum absolute atomic E-state index is 5.76. The standard InChI is InChI=1S/C10H12N4.C2H6/c1-2-14-10(11)7-9(13-14)8-5-3-4-6-12-8;1-2/h3-7H,2,11H2,1H3;1-2H3. The fourth-order valence-corrected chi connectivity index (χ4v) is 1.32. The van der Waals surface area contributed by atoms with Crippen LogP contribution in [0.2, 0.25) is 0 Å². The molecule has 2 aromatic heterocycles. The first kappa shape index (κ1) is 12.2. The average molecular weight is 218 g/mol. The highest BCUT2D eigenvalue weighted by molar-refractivity contribution is 5.57. The van der Waals surface area contributed by atoms with Gasteiger partial charge in [0.15, 0.2) is 0 Å². The summed E-state index contributed by atoms with van der Waals surface area (Å²) >= 11 is 0. The summed E-state index contributed by atoms with van der Waals surface area (Å²) in [6.07, 6.45) is 1.75. The molecule has 0 saturated heterocycles. The van der Waals surface area contributed by atoms with Gasteiger partial charge in [0.2, 0.25) is 0 Å². The Morgan fingerprint density at radius 1 is 1.25 bits per heavy atom. The molecule has 86 valence electrons. The number of aryl methyl sites for hydroxylation is 1. The second-order valence-corrected chi connectivity index (χ2v) is 2.99. The fraction of sp³-hybridized carbons (Fsp3) is 0.333. The van der Waals surface area contributed by atoms with Gasteiger partial charge in [-0.3, -0.25) is 4.98 Å². The zero-order valence-corrected chi connectivity index (χ0v) is 10.0. The van der Waals surface area contributed by atoms with Gasteiger partial charge in [-0.25, -0.2) is 4.68 Å². The molecule has 0 spiro atoms. The molecule has 0 aliphatic carbocycles. The highest BCUT2D eigenvalue weighted by atomic mass is 15.3. The van der Waals surface area contributed by atoms with Crippen LogP contribution in [0, 0.1) is 0 Å². The number of aromatic nitrogens is 3. The molecule has 0 unspecified atom stereocenters. The number of nitrogen functional groups attached to an aromatic ring is 1. The third kappa shape index (κ3) is 2.59. The molecular weight excluding hydrogens is 200 g/mol.